The molecule has 0 unspecified atom stereocenters. The van der Waals surface area contributed by atoms with Gasteiger partial charge in [0.05, 0.1) is 12.0 Å². The molecule has 0 spiro atoms. The lowest BCUT2D eigenvalue weighted by molar-refractivity contribution is -0.385. The summed E-state index contributed by atoms with van der Waals surface area (Å²) in [4.78, 5) is 18.3. The number of ether oxygens (including phenoxy) is 1. The van der Waals surface area contributed by atoms with Crippen LogP contribution in [0.2, 0.25) is 0 Å². The summed E-state index contributed by atoms with van der Waals surface area (Å²) in [6, 6.07) is 6.15. The number of aryl methyl sites for hydroxylation is 1. The van der Waals surface area contributed by atoms with E-state index in [9.17, 15) is 14.5 Å². The van der Waals surface area contributed by atoms with Gasteiger partial charge in [-0.2, -0.15) is 4.98 Å². The number of nitrogens with zero attached hydrogens (tertiary/aromatic N) is 3. The molecule has 1 N–H and O–H groups in total. The largest absolute Gasteiger partial charge is 0.476 e. The Kier molecular flexibility index (Phi) is 4.27. The lowest BCUT2D eigenvalue weighted by atomic mass is 10.2. The van der Waals surface area contributed by atoms with E-state index in [2.05, 4.69) is 15.3 Å². The molecule has 0 saturated carbocycles. The summed E-state index contributed by atoms with van der Waals surface area (Å²) in [5.74, 6) is -0.227. The number of benzene rings is 1. The van der Waals surface area contributed by atoms with Gasteiger partial charge >= 0.3 is 5.69 Å². The number of hydrogen-bond acceptors (Lipinski definition) is 6. The first-order valence-electron chi connectivity index (χ1n) is 6.07. The van der Waals surface area contributed by atoms with Crippen LogP contribution in [0.1, 0.15) is 11.4 Å². The Bertz CT molecular complexity index is 678. The van der Waals surface area contributed by atoms with Crippen molar-refractivity contribution in [1.29, 1.82) is 0 Å². The van der Waals surface area contributed by atoms with Gasteiger partial charge in [-0.15, -0.1) is 0 Å². The number of nitrogens with one attached hydrogen (secondary N) is 1. The van der Waals surface area contributed by atoms with Gasteiger partial charge in [-0.05, 0) is 13.0 Å². The summed E-state index contributed by atoms with van der Waals surface area (Å²) in [6.07, 6.45) is 0. The van der Waals surface area contributed by atoms with Crippen LogP contribution < -0.4 is 10.1 Å². The standard InChI is InChI=1S/C13H13FN4O3/c1-8-16-12(11(18(19)20)13(17-8)21-2)15-7-9-5-3-4-6-10(9)14/h3-6H,7H2,1-2H3,(H,15,16,17). The zero-order valence-corrected chi connectivity index (χ0v) is 11.5. The van der Waals surface area contributed by atoms with Crippen molar-refractivity contribution < 1.29 is 14.1 Å². The molecule has 0 aliphatic carbocycles. The average molecular weight is 292 g/mol. The smallest absolute Gasteiger partial charge is 0.372 e. The van der Waals surface area contributed by atoms with Crippen LogP contribution in [0.4, 0.5) is 15.9 Å². The van der Waals surface area contributed by atoms with Gasteiger partial charge in [0, 0.05) is 12.1 Å². The lowest BCUT2D eigenvalue weighted by Crippen LogP contribution is -2.09. The Labute approximate surface area is 120 Å². The molecule has 2 aromatic rings. The van der Waals surface area contributed by atoms with E-state index in [0.717, 1.165) is 0 Å². The summed E-state index contributed by atoms with van der Waals surface area (Å²) in [5, 5.41) is 13.9. The van der Waals surface area contributed by atoms with E-state index in [4.69, 9.17) is 4.74 Å². The fourth-order valence-electron chi connectivity index (χ4n) is 1.79. The maximum Gasteiger partial charge on any atom is 0.372 e. The van der Waals surface area contributed by atoms with Gasteiger partial charge < -0.3 is 10.1 Å². The first-order valence-corrected chi connectivity index (χ1v) is 6.07. The second-order valence-electron chi connectivity index (χ2n) is 4.18. The predicted octanol–water partition coefficient (Wildman–Crippen LogP) is 2.45. The van der Waals surface area contributed by atoms with Gasteiger partial charge in [-0.1, -0.05) is 18.2 Å². The highest BCUT2D eigenvalue weighted by molar-refractivity contribution is 5.61. The Morgan fingerprint density at radius 1 is 1.38 bits per heavy atom. The minimum atomic E-state index is -0.637. The molecule has 0 bridgehead atoms. The van der Waals surface area contributed by atoms with Crippen LogP contribution in [0.5, 0.6) is 5.88 Å². The van der Waals surface area contributed by atoms with Gasteiger partial charge in [-0.3, -0.25) is 10.1 Å². The van der Waals surface area contributed by atoms with Crippen molar-refractivity contribution in [2.75, 3.05) is 12.4 Å². The number of nitro groups is 1. The normalized spacial score (nSPS) is 10.2. The summed E-state index contributed by atoms with van der Waals surface area (Å²) in [6.45, 7) is 1.65. The van der Waals surface area contributed by atoms with E-state index in [-0.39, 0.29) is 23.9 Å². The fourth-order valence-corrected chi connectivity index (χ4v) is 1.79. The summed E-state index contributed by atoms with van der Waals surface area (Å²) in [7, 11) is 1.29. The molecule has 0 saturated heterocycles. The monoisotopic (exact) mass is 292 g/mol. The molecule has 1 heterocycles. The van der Waals surface area contributed by atoms with Crippen molar-refractivity contribution in [2.24, 2.45) is 0 Å². The fraction of sp³-hybridized carbons (Fsp3) is 0.231. The average Bonchev–Trinajstić information content (AvgIpc) is 2.45. The number of hydrogen-bond donors (Lipinski definition) is 1. The zero-order valence-electron chi connectivity index (χ0n) is 11.5. The molecular formula is C13H13FN4O3. The first-order chi connectivity index (χ1) is 10.0. The molecule has 0 aliphatic heterocycles. The summed E-state index contributed by atoms with van der Waals surface area (Å²) in [5.41, 5.74) is 0.00136. The van der Waals surface area contributed by atoms with Crippen LogP contribution >= 0.6 is 0 Å². The van der Waals surface area contributed by atoms with E-state index in [1.807, 2.05) is 0 Å². The summed E-state index contributed by atoms with van der Waals surface area (Å²) < 4.78 is 18.4. The first kappa shape index (κ1) is 14.6. The molecule has 2 rings (SSSR count). The van der Waals surface area contributed by atoms with E-state index in [0.29, 0.717) is 11.4 Å². The van der Waals surface area contributed by atoms with Crippen molar-refractivity contribution in [3.63, 3.8) is 0 Å². The number of anilines is 1. The molecule has 21 heavy (non-hydrogen) atoms. The molecule has 1 aromatic carbocycles. The van der Waals surface area contributed by atoms with Crippen molar-refractivity contribution in [3.05, 3.63) is 51.6 Å². The lowest BCUT2D eigenvalue weighted by Gasteiger charge is -2.09. The van der Waals surface area contributed by atoms with E-state index >= 15 is 0 Å². The Morgan fingerprint density at radius 2 is 2.10 bits per heavy atom. The van der Waals surface area contributed by atoms with Crippen molar-refractivity contribution in [2.45, 2.75) is 13.5 Å². The Hall–Kier alpha value is -2.77. The summed E-state index contributed by atoms with van der Waals surface area (Å²) >= 11 is 0. The maximum absolute atomic E-state index is 13.5. The topological polar surface area (TPSA) is 90.2 Å². The predicted molar refractivity (Wildman–Crippen MR) is 73.7 cm³/mol. The van der Waals surface area contributed by atoms with Gasteiger partial charge in [0.1, 0.15) is 11.6 Å². The van der Waals surface area contributed by atoms with Crippen LogP contribution in [-0.2, 0) is 6.54 Å². The second kappa shape index (κ2) is 6.12. The highest BCUT2D eigenvalue weighted by Crippen LogP contribution is 2.31. The third-order valence-corrected chi connectivity index (χ3v) is 2.74. The van der Waals surface area contributed by atoms with Crippen LogP contribution in [-0.4, -0.2) is 22.0 Å². The van der Waals surface area contributed by atoms with Gasteiger partial charge in [-0.25, -0.2) is 9.37 Å². The highest BCUT2D eigenvalue weighted by Gasteiger charge is 2.25. The van der Waals surface area contributed by atoms with Gasteiger partial charge in [0.25, 0.3) is 5.88 Å². The minimum Gasteiger partial charge on any atom is -0.476 e. The molecule has 0 radical (unpaired) electrons. The zero-order chi connectivity index (χ0) is 15.4. The quantitative estimate of drug-likeness (QED) is 0.672. The van der Waals surface area contributed by atoms with Crippen molar-refractivity contribution in [3.8, 4) is 5.88 Å². The molecular weight excluding hydrogens is 279 g/mol. The number of rotatable bonds is 5. The minimum absolute atomic E-state index is 0.00685. The Morgan fingerprint density at radius 3 is 2.71 bits per heavy atom. The highest BCUT2D eigenvalue weighted by atomic mass is 19.1. The molecule has 0 aliphatic rings. The molecule has 0 amide bonds. The number of aromatic nitrogens is 2. The molecule has 1 aromatic heterocycles. The molecule has 0 fully saturated rings. The van der Waals surface area contributed by atoms with Crippen LogP contribution in [0.3, 0.4) is 0 Å². The van der Waals surface area contributed by atoms with Crippen LogP contribution in [0.15, 0.2) is 24.3 Å². The third-order valence-electron chi connectivity index (χ3n) is 2.74. The van der Waals surface area contributed by atoms with E-state index < -0.39 is 10.7 Å². The molecule has 0 atom stereocenters. The SMILES string of the molecule is COc1nc(C)nc(NCc2ccccc2F)c1[N+](=O)[O-]. The van der Waals surface area contributed by atoms with Crippen LogP contribution in [0, 0.1) is 22.9 Å². The van der Waals surface area contributed by atoms with E-state index in [1.165, 1.54) is 13.2 Å². The molecule has 8 heteroatoms. The van der Waals surface area contributed by atoms with Crippen molar-refractivity contribution >= 4 is 11.5 Å². The second-order valence-corrected chi connectivity index (χ2v) is 4.18. The van der Waals surface area contributed by atoms with Gasteiger partial charge in [0.2, 0.25) is 5.82 Å². The van der Waals surface area contributed by atoms with E-state index in [1.54, 1.807) is 25.1 Å². The number of methoxy groups -OCH3 is 1. The Balaban J connectivity index is 2.33. The molecule has 110 valence electrons. The van der Waals surface area contributed by atoms with Crippen LogP contribution in [0.25, 0.3) is 0 Å². The maximum atomic E-state index is 13.5. The van der Waals surface area contributed by atoms with Gasteiger partial charge in [0.15, 0.2) is 0 Å². The molecule has 7 nitrogen and oxygen atoms in total. The number of halogens is 1. The third kappa shape index (κ3) is 3.22. The van der Waals surface area contributed by atoms with Crippen molar-refractivity contribution in [1.82, 2.24) is 9.97 Å².